The molecule has 0 unspecified atom stereocenters. The van der Waals surface area contributed by atoms with Gasteiger partial charge in [0, 0.05) is 12.7 Å². The quantitative estimate of drug-likeness (QED) is 0.756. The summed E-state index contributed by atoms with van der Waals surface area (Å²) in [4.78, 5) is 17.2. The van der Waals surface area contributed by atoms with Crippen LogP contribution < -0.4 is 5.32 Å². The van der Waals surface area contributed by atoms with Crippen LogP contribution in [-0.4, -0.2) is 20.7 Å². The van der Waals surface area contributed by atoms with E-state index in [1.54, 1.807) is 36.0 Å². The van der Waals surface area contributed by atoms with Crippen LogP contribution in [-0.2, 0) is 7.05 Å². The first-order valence-corrected chi connectivity index (χ1v) is 7.70. The Morgan fingerprint density at radius 1 is 1.26 bits per heavy atom. The fourth-order valence-electron chi connectivity index (χ4n) is 2.54. The van der Waals surface area contributed by atoms with Crippen molar-refractivity contribution in [3.63, 3.8) is 0 Å². The molecule has 1 aromatic carbocycles. The van der Waals surface area contributed by atoms with Crippen molar-refractivity contribution in [3.8, 4) is 0 Å². The van der Waals surface area contributed by atoms with Crippen LogP contribution in [0.5, 0.6) is 0 Å². The molecule has 0 spiro atoms. The average Bonchev–Trinajstić information content (AvgIpc) is 2.78. The Labute approximate surface area is 143 Å². The number of pyridine rings is 1. The maximum absolute atomic E-state index is 12.7. The molecular weight excluding hydrogens is 335 g/mol. The van der Waals surface area contributed by atoms with E-state index in [-0.39, 0.29) is 5.91 Å². The second-order valence-corrected chi connectivity index (χ2v) is 6.06. The molecule has 0 saturated carbocycles. The normalized spacial score (nSPS) is 11.0. The van der Waals surface area contributed by atoms with E-state index >= 15 is 0 Å². The molecule has 0 aliphatic heterocycles. The summed E-state index contributed by atoms with van der Waals surface area (Å²) in [6.07, 6.45) is 0. The van der Waals surface area contributed by atoms with Crippen molar-refractivity contribution in [3.05, 3.63) is 51.3 Å². The highest BCUT2D eigenvalue weighted by atomic mass is 35.5. The lowest BCUT2D eigenvalue weighted by molar-refractivity contribution is 0.102. The number of carbonyl (C=O) groups is 1. The topological polar surface area (TPSA) is 59.8 Å². The molecule has 0 aliphatic carbocycles. The van der Waals surface area contributed by atoms with Crippen molar-refractivity contribution < 1.29 is 4.79 Å². The third-order valence-corrected chi connectivity index (χ3v) is 4.36. The summed E-state index contributed by atoms with van der Waals surface area (Å²) in [6.45, 7) is 3.69. The lowest BCUT2D eigenvalue weighted by Crippen LogP contribution is -2.13. The van der Waals surface area contributed by atoms with Gasteiger partial charge in [-0.3, -0.25) is 9.48 Å². The number of rotatable bonds is 2. The van der Waals surface area contributed by atoms with Crippen LogP contribution in [0.4, 0.5) is 5.69 Å². The molecule has 0 fully saturated rings. The molecule has 5 nitrogen and oxygen atoms in total. The van der Waals surface area contributed by atoms with Crippen molar-refractivity contribution >= 4 is 45.8 Å². The lowest BCUT2D eigenvalue weighted by Gasteiger charge is -2.10. The summed E-state index contributed by atoms with van der Waals surface area (Å²) in [5.41, 5.74) is 3.13. The zero-order valence-electron chi connectivity index (χ0n) is 12.8. The van der Waals surface area contributed by atoms with Crippen LogP contribution in [0.1, 0.15) is 21.7 Å². The standard InChI is InChI=1S/C16H14Cl2N4O/c1-8-7-10(13-9(2)21-22(3)15(13)19-8)16(23)20-12-6-4-5-11(17)14(12)18/h4-7H,1-3H3,(H,20,23). The Hall–Kier alpha value is -2.11. The SMILES string of the molecule is Cc1cc(C(=O)Nc2cccc(Cl)c2Cl)c2c(C)nn(C)c2n1. The first-order chi connectivity index (χ1) is 10.9. The Bertz CT molecular complexity index is 933. The Balaban J connectivity index is 2.09. The number of hydrogen-bond donors (Lipinski definition) is 1. The number of aromatic nitrogens is 3. The Morgan fingerprint density at radius 2 is 2.00 bits per heavy atom. The summed E-state index contributed by atoms with van der Waals surface area (Å²) in [5.74, 6) is -0.277. The highest BCUT2D eigenvalue weighted by Gasteiger charge is 2.18. The fraction of sp³-hybridized carbons (Fsp3) is 0.188. The molecule has 0 radical (unpaired) electrons. The van der Waals surface area contributed by atoms with E-state index in [9.17, 15) is 4.79 Å². The van der Waals surface area contributed by atoms with Gasteiger partial charge in [0.2, 0.25) is 0 Å². The third kappa shape index (κ3) is 2.78. The number of amides is 1. The van der Waals surface area contributed by atoms with E-state index in [0.29, 0.717) is 26.9 Å². The van der Waals surface area contributed by atoms with Crippen LogP contribution >= 0.6 is 23.2 Å². The van der Waals surface area contributed by atoms with Crippen LogP contribution in [0.2, 0.25) is 10.0 Å². The Kier molecular flexibility index (Phi) is 4.00. The van der Waals surface area contributed by atoms with Crippen LogP contribution in [0.15, 0.2) is 24.3 Å². The predicted octanol–water partition coefficient (Wildman–Crippen LogP) is 4.14. The number of nitrogens with zero attached hydrogens (tertiary/aromatic N) is 3. The van der Waals surface area contributed by atoms with Gasteiger partial charge in [-0.25, -0.2) is 4.98 Å². The number of aryl methyl sites for hydroxylation is 3. The number of hydrogen-bond acceptors (Lipinski definition) is 3. The van der Waals surface area contributed by atoms with Crippen LogP contribution in [0.3, 0.4) is 0 Å². The summed E-state index contributed by atoms with van der Waals surface area (Å²) >= 11 is 12.1. The monoisotopic (exact) mass is 348 g/mol. The van der Waals surface area contributed by atoms with E-state index in [4.69, 9.17) is 23.2 Å². The zero-order chi connectivity index (χ0) is 16.7. The molecular formula is C16H14Cl2N4O. The van der Waals surface area contributed by atoms with Gasteiger partial charge in [0.05, 0.1) is 32.4 Å². The first kappa shape index (κ1) is 15.8. The van der Waals surface area contributed by atoms with Crippen LogP contribution in [0, 0.1) is 13.8 Å². The van der Waals surface area contributed by atoms with E-state index in [2.05, 4.69) is 15.4 Å². The molecule has 7 heteroatoms. The number of nitrogens with one attached hydrogen (secondary N) is 1. The highest BCUT2D eigenvalue weighted by molar-refractivity contribution is 6.44. The molecule has 0 saturated heterocycles. The molecule has 3 aromatic rings. The lowest BCUT2D eigenvalue weighted by atomic mass is 10.1. The maximum Gasteiger partial charge on any atom is 0.256 e. The molecule has 2 aromatic heterocycles. The molecule has 23 heavy (non-hydrogen) atoms. The van der Waals surface area contributed by atoms with Gasteiger partial charge < -0.3 is 5.32 Å². The maximum atomic E-state index is 12.7. The molecule has 1 amide bonds. The zero-order valence-corrected chi connectivity index (χ0v) is 14.3. The van der Waals surface area contributed by atoms with Crippen molar-refractivity contribution in [2.24, 2.45) is 7.05 Å². The number of carbonyl (C=O) groups excluding carboxylic acids is 1. The van der Waals surface area contributed by atoms with E-state index in [1.165, 1.54) is 0 Å². The summed E-state index contributed by atoms with van der Waals surface area (Å²) in [5, 5.41) is 8.57. The minimum Gasteiger partial charge on any atom is -0.321 e. The fourth-order valence-corrected chi connectivity index (χ4v) is 2.89. The number of fused-ring (bicyclic) bond motifs is 1. The molecule has 0 aliphatic rings. The van der Waals surface area contributed by atoms with Crippen molar-refractivity contribution in [1.29, 1.82) is 0 Å². The molecule has 3 rings (SSSR count). The van der Waals surface area contributed by atoms with Crippen molar-refractivity contribution in [1.82, 2.24) is 14.8 Å². The first-order valence-electron chi connectivity index (χ1n) is 6.95. The third-order valence-electron chi connectivity index (χ3n) is 3.54. The van der Waals surface area contributed by atoms with Gasteiger partial charge in [-0.2, -0.15) is 5.10 Å². The second-order valence-electron chi connectivity index (χ2n) is 5.27. The van der Waals surface area contributed by atoms with Gasteiger partial charge in [-0.05, 0) is 32.0 Å². The summed E-state index contributed by atoms with van der Waals surface area (Å²) in [7, 11) is 1.80. The van der Waals surface area contributed by atoms with Gasteiger partial charge in [0.15, 0.2) is 5.65 Å². The summed E-state index contributed by atoms with van der Waals surface area (Å²) < 4.78 is 1.67. The van der Waals surface area contributed by atoms with Gasteiger partial charge >= 0.3 is 0 Å². The predicted molar refractivity (Wildman–Crippen MR) is 92.4 cm³/mol. The number of benzene rings is 1. The van der Waals surface area contributed by atoms with Gasteiger partial charge in [0.1, 0.15) is 0 Å². The van der Waals surface area contributed by atoms with Gasteiger partial charge in [-0.15, -0.1) is 0 Å². The average molecular weight is 349 g/mol. The minimum absolute atomic E-state index is 0.277. The highest BCUT2D eigenvalue weighted by Crippen LogP contribution is 2.30. The van der Waals surface area contributed by atoms with Crippen LogP contribution in [0.25, 0.3) is 11.0 Å². The smallest absolute Gasteiger partial charge is 0.256 e. The molecule has 118 valence electrons. The largest absolute Gasteiger partial charge is 0.321 e. The molecule has 0 bridgehead atoms. The van der Waals surface area contributed by atoms with E-state index in [1.807, 2.05) is 13.8 Å². The van der Waals surface area contributed by atoms with E-state index in [0.717, 1.165) is 16.8 Å². The second kappa shape index (κ2) is 5.83. The Morgan fingerprint density at radius 3 is 2.74 bits per heavy atom. The van der Waals surface area contributed by atoms with Crippen molar-refractivity contribution in [2.45, 2.75) is 13.8 Å². The summed E-state index contributed by atoms with van der Waals surface area (Å²) in [6, 6.07) is 6.84. The number of halogens is 2. The van der Waals surface area contributed by atoms with E-state index < -0.39 is 0 Å². The van der Waals surface area contributed by atoms with Gasteiger partial charge in [-0.1, -0.05) is 29.3 Å². The molecule has 2 heterocycles. The molecule has 1 N–H and O–H groups in total. The molecule has 0 atom stereocenters. The van der Waals surface area contributed by atoms with Gasteiger partial charge in [0.25, 0.3) is 5.91 Å². The minimum atomic E-state index is -0.277. The number of anilines is 1. The van der Waals surface area contributed by atoms with Crippen molar-refractivity contribution in [2.75, 3.05) is 5.32 Å².